The summed E-state index contributed by atoms with van der Waals surface area (Å²) in [7, 11) is 3.26. The zero-order valence-electron chi connectivity index (χ0n) is 20.8. The number of carbonyl (C=O) groups is 1. The molecule has 0 spiro atoms. The van der Waals surface area contributed by atoms with Crippen LogP contribution in [0, 0.1) is 0 Å². The number of fused-ring (bicyclic) bond motifs is 4. The third-order valence-corrected chi connectivity index (χ3v) is 6.99. The number of halogens is 3. The minimum Gasteiger partial charge on any atom is -0.343 e. The van der Waals surface area contributed by atoms with Gasteiger partial charge in [-0.2, -0.15) is 18.3 Å². The molecule has 0 aliphatic carbocycles. The summed E-state index contributed by atoms with van der Waals surface area (Å²) in [6.45, 7) is 4.61. The van der Waals surface area contributed by atoms with Gasteiger partial charge in [-0.25, -0.2) is 0 Å². The van der Waals surface area contributed by atoms with Crippen LogP contribution in [0.15, 0.2) is 42.5 Å². The van der Waals surface area contributed by atoms with Gasteiger partial charge in [0.05, 0.1) is 6.42 Å². The van der Waals surface area contributed by atoms with Crippen LogP contribution in [0.5, 0.6) is 0 Å². The molecule has 1 aliphatic rings. The van der Waals surface area contributed by atoms with Crippen LogP contribution < -0.4 is 0 Å². The van der Waals surface area contributed by atoms with Gasteiger partial charge in [0.1, 0.15) is 0 Å². The van der Waals surface area contributed by atoms with E-state index in [-0.39, 0.29) is 18.1 Å². The van der Waals surface area contributed by atoms with Crippen molar-refractivity contribution < 1.29 is 18.0 Å². The van der Waals surface area contributed by atoms with E-state index in [2.05, 4.69) is 64.0 Å². The molecule has 1 aliphatic heterocycles. The molecule has 0 radical (unpaired) electrons. The van der Waals surface area contributed by atoms with Crippen LogP contribution in [-0.2, 0) is 32.6 Å². The topological polar surface area (TPSA) is 46.3 Å². The monoisotopic (exact) mass is 497 g/mol. The average Bonchev–Trinajstić information content (AvgIpc) is 3.36. The van der Waals surface area contributed by atoms with Crippen molar-refractivity contribution in [3.8, 4) is 0 Å². The van der Waals surface area contributed by atoms with Crippen molar-refractivity contribution in [2.24, 2.45) is 0 Å². The molecule has 6 nitrogen and oxygen atoms in total. The Morgan fingerprint density at radius 2 is 1.83 bits per heavy atom. The zero-order chi connectivity index (χ0) is 25.6. The van der Waals surface area contributed by atoms with Gasteiger partial charge in [-0.05, 0) is 30.7 Å². The second kappa shape index (κ2) is 9.28. The third-order valence-electron chi connectivity index (χ3n) is 6.99. The zero-order valence-corrected chi connectivity index (χ0v) is 20.8. The number of rotatable bonds is 6. The highest BCUT2D eigenvalue weighted by Gasteiger charge is 2.32. The predicted molar refractivity (Wildman–Crippen MR) is 134 cm³/mol. The second-order valence-electron chi connectivity index (χ2n) is 9.64. The van der Waals surface area contributed by atoms with E-state index in [0.29, 0.717) is 26.1 Å². The third kappa shape index (κ3) is 4.48. The van der Waals surface area contributed by atoms with Gasteiger partial charge >= 0.3 is 6.18 Å². The van der Waals surface area contributed by atoms with Gasteiger partial charge in [0.2, 0.25) is 0 Å². The van der Waals surface area contributed by atoms with Crippen molar-refractivity contribution >= 4 is 27.7 Å². The van der Waals surface area contributed by atoms with Crippen molar-refractivity contribution in [3.05, 3.63) is 65.0 Å². The maximum Gasteiger partial charge on any atom is 0.390 e. The second-order valence-corrected chi connectivity index (χ2v) is 9.64. The highest BCUT2D eigenvalue weighted by molar-refractivity contribution is 6.08. The van der Waals surface area contributed by atoms with E-state index in [1.165, 1.54) is 31.4 Å². The van der Waals surface area contributed by atoms with Gasteiger partial charge in [0, 0.05) is 86.3 Å². The lowest BCUT2D eigenvalue weighted by Crippen LogP contribution is -2.32. The maximum absolute atomic E-state index is 12.9. The Morgan fingerprint density at radius 3 is 2.56 bits per heavy atom. The Labute approximate surface area is 207 Å². The van der Waals surface area contributed by atoms with E-state index in [1.54, 1.807) is 14.1 Å². The molecule has 0 fully saturated rings. The molecule has 0 saturated carbocycles. The van der Waals surface area contributed by atoms with E-state index in [0.717, 1.165) is 23.4 Å². The molecule has 4 aromatic rings. The molecule has 5 rings (SSSR count). The summed E-state index contributed by atoms with van der Waals surface area (Å²) in [5.74, 6) is -0.285. The lowest BCUT2D eigenvalue weighted by molar-refractivity contribution is -0.137. The lowest BCUT2D eigenvalue weighted by atomic mass is 10.0. The van der Waals surface area contributed by atoms with E-state index >= 15 is 0 Å². The van der Waals surface area contributed by atoms with Crippen molar-refractivity contribution in [2.75, 3.05) is 20.6 Å². The molecule has 0 bridgehead atoms. The van der Waals surface area contributed by atoms with Crippen LogP contribution in [0.2, 0.25) is 0 Å². The van der Waals surface area contributed by atoms with Crippen molar-refractivity contribution in [3.63, 3.8) is 0 Å². The smallest absolute Gasteiger partial charge is 0.343 e. The number of carbonyl (C=O) groups excluding carboxylic acids is 1. The van der Waals surface area contributed by atoms with Crippen LogP contribution in [0.25, 0.3) is 21.8 Å². The standard InChI is InChI=1S/C27H30F3N5O/c1-4-34-22-8-6-5-7-19(22)20-15-18(9-10-23(20)34)16-33-13-11-24-21(17-33)25(26(36)32(2)3)31-35(24)14-12-27(28,29)30/h5-10,15H,4,11-14,16-17H2,1-3H3. The molecule has 0 saturated heterocycles. The Balaban J connectivity index is 1.44. The molecule has 190 valence electrons. The Kier molecular flexibility index (Phi) is 6.28. The van der Waals surface area contributed by atoms with Gasteiger partial charge in [0.15, 0.2) is 5.69 Å². The van der Waals surface area contributed by atoms with Crippen molar-refractivity contribution in [1.82, 2.24) is 24.1 Å². The summed E-state index contributed by atoms with van der Waals surface area (Å²) in [5, 5.41) is 6.78. The van der Waals surface area contributed by atoms with Crippen LogP contribution >= 0.6 is 0 Å². The molecule has 36 heavy (non-hydrogen) atoms. The molecule has 1 amide bonds. The number of amides is 1. The lowest BCUT2D eigenvalue weighted by Gasteiger charge is -2.28. The Hall–Kier alpha value is -3.33. The molecule has 0 N–H and O–H groups in total. The van der Waals surface area contributed by atoms with E-state index < -0.39 is 12.6 Å². The van der Waals surface area contributed by atoms with E-state index in [1.807, 2.05) is 0 Å². The van der Waals surface area contributed by atoms with Crippen LogP contribution in [0.4, 0.5) is 13.2 Å². The van der Waals surface area contributed by atoms with Crippen molar-refractivity contribution in [1.29, 1.82) is 0 Å². The number of alkyl halides is 3. The highest BCUT2D eigenvalue weighted by atomic mass is 19.4. The molecule has 0 unspecified atom stereocenters. The van der Waals surface area contributed by atoms with Gasteiger partial charge < -0.3 is 9.47 Å². The number of benzene rings is 2. The minimum absolute atomic E-state index is 0.253. The van der Waals surface area contributed by atoms with Crippen LogP contribution in [-0.4, -0.2) is 56.9 Å². The molecule has 9 heteroatoms. The summed E-state index contributed by atoms with van der Waals surface area (Å²) in [5.41, 5.74) is 5.31. The summed E-state index contributed by atoms with van der Waals surface area (Å²) >= 11 is 0. The summed E-state index contributed by atoms with van der Waals surface area (Å²) in [6, 6.07) is 14.9. The highest BCUT2D eigenvalue weighted by Crippen LogP contribution is 2.31. The number of para-hydroxylation sites is 1. The van der Waals surface area contributed by atoms with Crippen LogP contribution in [0.1, 0.15) is 40.7 Å². The van der Waals surface area contributed by atoms with Gasteiger partial charge in [-0.15, -0.1) is 0 Å². The normalized spacial score (nSPS) is 14.5. The largest absolute Gasteiger partial charge is 0.390 e. The average molecular weight is 498 g/mol. The SMILES string of the molecule is CCn1c2ccccc2c2cc(CN3CCc4c(c(C(=O)N(C)C)nn4CCC(F)(F)F)C3)ccc21. The Bertz CT molecular complexity index is 1430. The first-order chi connectivity index (χ1) is 17.2. The summed E-state index contributed by atoms with van der Waals surface area (Å²) in [4.78, 5) is 16.5. The van der Waals surface area contributed by atoms with Gasteiger partial charge in [-0.1, -0.05) is 24.3 Å². The molecular formula is C27H30F3N5O. The van der Waals surface area contributed by atoms with E-state index in [4.69, 9.17) is 0 Å². The fourth-order valence-corrected chi connectivity index (χ4v) is 5.28. The molecule has 3 heterocycles. The summed E-state index contributed by atoms with van der Waals surface area (Å²) < 4.78 is 42.3. The summed E-state index contributed by atoms with van der Waals surface area (Å²) in [6.07, 6.45) is -4.69. The first-order valence-corrected chi connectivity index (χ1v) is 12.3. The van der Waals surface area contributed by atoms with E-state index in [9.17, 15) is 18.0 Å². The number of hydrogen-bond acceptors (Lipinski definition) is 3. The first-order valence-electron chi connectivity index (χ1n) is 12.3. The Morgan fingerprint density at radius 1 is 1.08 bits per heavy atom. The number of nitrogens with zero attached hydrogens (tertiary/aromatic N) is 5. The fraction of sp³-hybridized carbons (Fsp3) is 0.407. The molecule has 0 atom stereocenters. The predicted octanol–water partition coefficient (Wildman–Crippen LogP) is 5.22. The number of aryl methyl sites for hydroxylation is 2. The number of aromatic nitrogens is 3. The molecular weight excluding hydrogens is 467 g/mol. The fourth-order valence-electron chi connectivity index (χ4n) is 5.28. The van der Waals surface area contributed by atoms with Crippen LogP contribution in [0.3, 0.4) is 0 Å². The van der Waals surface area contributed by atoms with Gasteiger partial charge in [0.25, 0.3) is 5.91 Å². The number of hydrogen-bond donors (Lipinski definition) is 0. The quantitative estimate of drug-likeness (QED) is 0.367. The van der Waals surface area contributed by atoms with Crippen molar-refractivity contribution in [2.45, 2.75) is 52.1 Å². The first kappa shape index (κ1) is 24.4. The minimum atomic E-state index is -4.27. The van der Waals surface area contributed by atoms with Gasteiger partial charge in [-0.3, -0.25) is 14.4 Å². The molecule has 2 aromatic heterocycles. The maximum atomic E-state index is 12.9. The molecule has 2 aromatic carbocycles.